The van der Waals surface area contributed by atoms with Gasteiger partial charge >= 0.3 is 0 Å². The first-order chi connectivity index (χ1) is 7.13. The second kappa shape index (κ2) is 4.66. The van der Waals surface area contributed by atoms with E-state index in [1.165, 1.54) is 13.2 Å². The average molecular weight is 213 g/mol. The number of nitrogens with two attached hydrogens (primary N) is 1. The molecule has 1 heterocycles. The van der Waals surface area contributed by atoms with Crippen molar-refractivity contribution in [1.82, 2.24) is 4.98 Å². The molecule has 0 fully saturated rings. The normalized spacial score (nSPS) is 10.1. The first-order valence-electron chi connectivity index (χ1n) is 4.10. The predicted molar refractivity (Wildman–Crippen MR) is 48.4 cm³/mol. The van der Waals surface area contributed by atoms with Gasteiger partial charge in [0.2, 0.25) is 5.88 Å². The summed E-state index contributed by atoms with van der Waals surface area (Å²) in [6.07, 6.45) is -2.72. The third-order valence-electron chi connectivity index (χ3n) is 1.86. The van der Waals surface area contributed by atoms with Gasteiger partial charge in [-0.15, -0.1) is 0 Å². The number of aromatic nitrogens is 1. The third-order valence-corrected chi connectivity index (χ3v) is 1.86. The van der Waals surface area contributed by atoms with Gasteiger partial charge in [-0.1, -0.05) is 0 Å². The minimum atomic E-state index is -2.72. The number of hydrogen-bond donors (Lipinski definition) is 1. The van der Waals surface area contributed by atoms with Crippen LogP contribution >= 0.6 is 0 Å². The highest BCUT2D eigenvalue weighted by Gasteiger charge is 2.20. The van der Waals surface area contributed by atoms with E-state index in [9.17, 15) is 8.78 Å². The van der Waals surface area contributed by atoms with Gasteiger partial charge in [0.15, 0.2) is 0 Å². The number of rotatable bonds is 3. The Kier molecular flexibility index (Phi) is 3.52. The number of hydrogen-bond acceptors (Lipinski definition) is 4. The second-order valence-electron chi connectivity index (χ2n) is 2.71. The number of nitriles is 1. The van der Waals surface area contributed by atoms with Crippen molar-refractivity contribution in [3.8, 4) is 11.9 Å². The number of pyridine rings is 1. The Labute approximate surface area is 85.3 Å². The van der Waals surface area contributed by atoms with E-state index in [1.54, 1.807) is 6.07 Å². The summed E-state index contributed by atoms with van der Waals surface area (Å²) >= 11 is 0. The van der Waals surface area contributed by atoms with Crippen LogP contribution in [0, 0.1) is 11.3 Å². The molecule has 1 rings (SSSR count). The fraction of sp³-hybridized carbons (Fsp3) is 0.333. The van der Waals surface area contributed by atoms with E-state index in [2.05, 4.69) is 4.98 Å². The van der Waals surface area contributed by atoms with Crippen LogP contribution in [-0.2, 0) is 6.54 Å². The van der Waals surface area contributed by atoms with Crippen LogP contribution in [0.4, 0.5) is 8.78 Å². The molecule has 0 amide bonds. The van der Waals surface area contributed by atoms with Gasteiger partial charge in [0.05, 0.1) is 12.7 Å². The average Bonchev–Trinajstić information content (AvgIpc) is 2.26. The van der Waals surface area contributed by atoms with Gasteiger partial charge in [0.25, 0.3) is 6.43 Å². The summed E-state index contributed by atoms with van der Waals surface area (Å²) in [5.41, 5.74) is 5.15. The van der Waals surface area contributed by atoms with Gasteiger partial charge in [-0.05, 0) is 11.6 Å². The van der Waals surface area contributed by atoms with E-state index in [0.29, 0.717) is 0 Å². The SMILES string of the molecule is COc1nc(C#N)cc(CN)c1C(F)F. The van der Waals surface area contributed by atoms with Crippen molar-refractivity contribution < 1.29 is 13.5 Å². The first kappa shape index (κ1) is 11.3. The van der Waals surface area contributed by atoms with Gasteiger partial charge in [0.1, 0.15) is 11.8 Å². The highest BCUT2D eigenvalue weighted by atomic mass is 19.3. The topological polar surface area (TPSA) is 71.9 Å². The highest BCUT2D eigenvalue weighted by molar-refractivity contribution is 5.41. The molecule has 80 valence electrons. The van der Waals surface area contributed by atoms with E-state index in [-0.39, 0.29) is 29.2 Å². The number of alkyl halides is 2. The van der Waals surface area contributed by atoms with Crippen LogP contribution in [0.3, 0.4) is 0 Å². The molecule has 0 aliphatic heterocycles. The molecule has 1 aromatic rings. The van der Waals surface area contributed by atoms with Crippen molar-refractivity contribution in [2.24, 2.45) is 5.73 Å². The number of methoxy groups -OCH3 is 1. The molecular weight excluding hydrogens is 204 g/mol. The quantitative estimate of drug-likeness (QED) is 0.822. The van der Waals surface area contributed by atoms with Gasteiger partial charge in [-0.2, -0.15) is 5.26 Å². The molecule has 4 nitrogen and oxygen atoms in total. The van der Waals surface area contributed by atoms with Crippen LogP contribution in [0.5, 0.6) is 5.88 Å². The molecule has 0 unspecified atom stereocenters. The van der Waals surface area contributed by atoms with Crippen molar-refractivity contribution in [3.05, 3.63) is 22.9 Å². The lowest BCUT2D eigenvalue weighted by molar-refractivity contribution is 0.144. The zero-order valence-electron chi connectivity index (χ0n) is 8.00. The summed E-state index contributed by atoms with van der Waals surface area (Å²) in [5, 5.41) is 8.61. The van der Waals surface area contributed by atoms with E-state index >= 15 is 0 Å². The molecule has 15 heavy (non-hydrogen) atoms. The minimum Gasteiger partial charge on any atom is -0.481 e. The van der Waals surface area contributed by atoms with Gasteiger partial charge in [-0.3, -0.25) is 0 Å². The fourth-order valence-corrected chi connectivity index (χ4v) is 1.20. The summed E-state index contributed by atoms with van der Waals surface area (Å²) in [7, 11) is 1.22. The van der Waals surface area contributed by atoms with E-state index in [0.717, 1.165) is 0 Å². The van der Waals surface area contributed by atoms with Crippen LogP contribution in [-0.4, -0.2) is 12.1 Å². The molecule has 0 aromatic carbocycles. The Morgan fingerprint density at radius 1 is 1.67 bits per heavy atom. The molecule has 2 N–H and O–H groups in total. The summed E-state index contributed by atoms with van der Waals surface area (Å²) in [6.45, 7) is -0.0900. The maximum atomic E-state index is 12.6. The molecule has 6 heteroatoms. The number of halogens is 2. The summed E-state index contributed by atoms with van der Waals surface area (Å²) in [4.78, 5) is 3.62. The lowest BCUT2D eigenvalue weighted by Gasteiger charge is -2.11. The van der Waals surface area contributed by atoms with Crippen LogP contribution in [0.1, 0.15) is 23.2 Å². The Bertz CT molecular complexity index is 376. The monoisotopic (exact) mass is 213 g/mol. The maximum absolute atomic E-state index is 12.6. The van der Waals surface area contributed by atoms with Crippen LogP contribution in [0.2, 0.25) is 0 Å². The van der Waals surface area contributed by atoms with Crippen molar-refractivity contribution in [2.75, 3.05) is 7.11 Å². The smallest absolute Gasteiger partial charge is 0.269 e. The largest absolute Gasteiger partial charge is 0.481 e. The van der Waals surface area contributed by atoms with Crippen LogP contribution in [0.15, 0.2) is 6.07 Å². The highest BCUT2D eigenvalue weighted by Crippen LogP contribution is 2.30. The lowest BCUT2D eigenvalue weighted by Crippen LogP contribution is -2.07. The molecule has 0 saturated heterocycles. The van der Waals surface area contributed by atoms with Crippen LogP contribution < -0.4 is 10.5 Å². The molecule has 0 aliphatic carbocycles. The summed E-state index contributed by atoms with van der Waals surface area (Å²) < 4.78 is 30.0. The molecular formula is C9H9F2N3O. The Morgan fingerprint density at radius 2 is 2.33 bits per heavy atom. The van der Waals surface area contributed by atoms with E-state index in [1.807, 2.05) is 0 Å². The maximum Gasteiger partial charge on any atom is 0.269 e. The van der Waals surface area contributed by atoms with Gasteiger partial charge in [0, 0.05) is 6.54 Å². The summed E-state index contributed by atoms with van der Waals surface area (Å²) in [6, 6.07) is 2.99. The fourth-order valence-electron chi connectivity index (χ4n) is 1.20. The molecule has 1 aromatic heterocycles. The van der Waals surface area contributed by atoms with Crippen molar-refractivity contribution in [1.29, 1.82) is 5.26 Å². The third kappa shape index (κ3) is 2.19. The zero-order valence-corrected chi connectivity index (χ0v) is 8.00. The van der Waals surface area contributed by atoms with Crippen LogP contribution in [0.25, 0.3) is 0 Å². The Morgan fingerprint density at radius 3 is 2.73 bits per heavy atom. The van der Waals surface area contributed by atoms with Gasteiger partial charge in [-0.25, -0.2) is 13.8 Å². The van der Waals surface area contributed by atoms with Crippen molar-refractivity contribution in [3.63, 3.8) is 0 Å². The molecule has 0 saturated carbocycles. The lowest BCUT2D eigenvalue weighted by atomic mass is 10.1. The summed E-state index contributed by atoms with van der Waals surface area (Å²) in [5.74, 6) is -0.246. The minimum absolute atomic E-state index is 0.0108. The molecule has 0 aliphatic rings. The molecule has 0 radical (unpaired) electrons. The Balaban J connectivity index is 3.41. The van der Waals surface area contributed by atoms with Gasteiger partial charge < -0.3 is 10.5 Å². The van der Waals surface area contributed by atoms with Crippen molar-refractivity contribution >= 4 is 0 Å². The van der Waals surface area contributed by atoms with E-state index in [4.69, 9.17) is 15.7 Å². The second-order valence-corrected chi connectivity index (χ2v) is 2.71. The number of ether oxygens (including phenoxy) is 1. The molecule has 0 bridgehead atoms. The number of nitrogens with zero attached hydrogens (tertiary/aromatic N) is 2. The zero-order chi connectivity index (χ0) is 11.4. The Hall–Kier alpha value is -1.74. The van der Waals surface area contributed by atoms with E-state index < -0.39 is 6.43 Å². The molecule has 0 atom stereocenters. The predicted octanol–water partition coefficient (Wildman–Crippen LogP) is 1.36. The molecule has 0 spiro atoms. The first-order valence-corrected chi connectivity index (χ1v) is 4.10. The standard InChI is InChI=1S/C9H9F2N3O/c1-15-9-7(8(10)11)5(3-12)2-6(4-13)14-9/h2,8H,3,12H2,1H3. The van der Waals surface area contributed by atoms with Crippen molar-refractivity contribution in [2.45, 2.75) is 13.0 Å².